The minimum Gasteiger partial charge on any atom is -0.465 e. The number of alkyl halides is 2. The zero-order valence-corrected chi connectivity index (χ0v) is 13.7. The van der Waals surface area contributed by atoms with Crippen LogP contribution in [0.3, 0.4) is 0 Å². The van der Waals surface area contributed by atoms with E-state index in [1.54, 1.807) is 0 Å². The largest absolute Gasteiger partial charge is 0.465 e. The van der Waals surface area contributed by atoms with Gasteiger partial charge >= 0.3 is 6.09 Å². The quantitative estimate of drug-likeness (QED) is 0.710. The number of hydrogen-bond acceptors (Lipinski definition) is 3. The number of rotatable bonds is 4. The standard InChI is InChI=1S/C16H11F3N2O4S/c17-9-3-1-4-10(7-9)26(24,25)21-8-11(15(18)19)14-12(20-16(22)23)5-2-6-13(14)21/h1-8,15,20H,(H,22,23). The van der Waals surface area contributed by atoms with E-state index in [1.165, 1.54) is 24.3 Å². The third-order valence-corrected chi connectivity index (χ3v) is 5.32. The number of anilines is 1. The smallest absolute Gasteiger partial charge is 0.409 e. The highest BCUT2D eigenvalue weighted by atomic mass is 32.2. The van der Waals surface area contributed by atoms with E-state index in [0.29, 0.717) is 10.2 Å². The zero-order valence-electron chi connectivity index (χ0n) is 12.9. The number of fused-ring (bicyclic) bond motifs is 1. The summed E-state index contributed by atoms with van der Waals surface area (Å²) in [7, 11) is -4.38. The molecule has 0 aliphatic rings. The van der Waals surface area contributed by atoms with Gasteiger partial charge in [-0.15, -0.1) is 0 Å². The Labute approximate surface area is 145 Å². The molecule has 136 valence electrons. The summed E-state index contributed by atoms with van der Waals surface area (Å²) >= 11 is 0. The molecule has 10 heteroatoms. The Kier molecular flexibility index (Phi) is 4.36. The molecule has 0 atom stereocenters. The summed E-state index contributed by atoms with van der Waals surface area (Å²) in [5, 5.41) is 10.6. The van der Waals surface area contributed by atoms with Gasteiger partial charge in [-0.2, -0.15) is 0 Å². The van der Waals surface area contributed by atoms with Gasteiger partial charge in [0.15, 0.2) is 0 Å². The molecule has 1 heterocycles. The molecule has 0 aliphatic heterocycles. The average Bonchev–Trinajstić information content (AvgIpc) is 2.96. The minimum atomic E-state index is -4.38. The van der Waals surface area contributed by atoms with E-state index in [0.717, 1.165) is 18.2 Å². The molecular formula is C16H11F3N2O4S. The third-order valence-electron chi connectivity index (χ3n) is 3.65. The van der Waals surface area contributed by atoms with Crippen molar-refractivity contribution in [2.24, 2.45) is 0 Å². The summed E-state index contributed by atoms with van der Waals surface area (Å²) in [4.78, 5) is 10.5. The van der Waals surface area contributed by atoms with Crippen molar-refractivity contribution in [3.63, 3.8) is 0 Å². The van der Waals surface area contributed by atoms with E-state index < -0.39 is 38.8 Å². The van der Waals surface area contributed by atoms with Crippen LogP contribution in [0.1, 0.15) is 12.0 Å². The first-order valence-corrected chi connectivity index (χ1v) is 8.59. The Morgan fingerprint density at radius 3 is 2.46 bits per heavy atom. The molecule has 0 saturated carbocycles. The molecule has 3 rings (SSSR count). The first-order valence-electron chi connectivity index (χ1n) is 7.15. The Morgan fingerprint density at radius 1 is 1.15 bits per heavy atom. The van der Waals surface area contributed by atoms with Gasteiger partial charge in [-0.25, -0.2) is 30.4 Å². The number of carbonyl (C=O) groups is 1. The van der Waals surface area contributed by atoms with Crippen LogP contribution in [-0.2, 0) is 10.0 Å². The van der Waals surface area contributed by atoms with Gasteiger partial charge in [0.05, 0.1) is 16.1 Å². The first kappa shape index (κ1) is 17.8. The van der Waals surface area contributed by atoms with Crippen LogP contribution in [0, 0.1) is 5.82 Å². The summed E-state index contributed by atoms with van der Waals surface area (Å²) in [6.45, 7) is 0. The van der Waals surface area contributed by atoms with Crippen LogP contribution in [-0.4, -0.2) is 23.6 Å². The number of nitrogens with one attached hydrogen (secondary N) is 1. The fourth-order valence-electron chi connectivity index (χ4n) is 2.61. The lowest BCUT2D eigenvalue weighted by Crippen LogP contribution is -2.12. The number of hydrogen-bond donors (Lipinski definition) is 2. The molecule has 0 saturated heterocycles. The second-order valence-electron chi connectivity index (χ2n) is 5.27. The Bertz CT molecular complexity index is 1110. The number of benzene rings is 2. The molecule has 0 aliphatic carbocycles. The van der Waals surface area contributed by atoms with Gasteiger partial charge in [-0.3, -0.25) is 5.32 Å². The molecule has 26 heavy (non-hydrogen) atoms. The van der Waals surface area contributed by atoms with Crippen LogP contribution in [0.2, 0.25) is 0 Å². The maximum atomic E-state index is 13.4. The Hall–Kier alpha value is -3.01. The summed E-state index contributed by atoms with van der Waals surface area (Å²) in [5.74, 6) is -0.801. The number of nitrogens with zero attached hydrogens (tertiary/aromatic N) is 1. The molecule has 0 bridgehead atoms. The highest BCUT2D eigenvalue weighted by Gasteiger charge is 2.26. The second kappa shape index (κ2) is 6.37. The SMILES string of the molecule is O=C(O)Nc1cccc2c1c(C(F)F)cn2S(=O)(=O)c1cccc(F)c1. The fourth-order valence-corrected chi connectivity index (χ4v) is 4.01. The van der Waals surface area contributed by atoms with Crippen LogP contribution in [0.4, 0.5) is 23.7 Å². The lowest BCUT2D eigenvalue weighted by molar-refractivity contribution is 0.153. The topological polar surface area (TPSA) is 88.4 Å². The van der Waals surface area contributed by atoms with Gasteiger partial charge in [-0.05, 0) is 30.3 Å². The van der Waals surface area contributed by atoms with Crippen LogP contribution in [0.5, 0.6) is 0 Å². The van der Waals surface area contributed by atoms with Crippen molar-refractivity contribution in [2.75, 3.05) is 5.32 Å². The highest BCUT2D eigenvalue weighted by Crippen LogP contribution is 2.36. The molecule has 2 N–H and O–H groups in total. The Balaban J connectivity index is 2.33. The van der Waals surface area contributed by atoms with Gasteiger partial charge < -0.3 is 5.11 Å². The highest BCUT2D eigenvalue weighted by molar-refractivity contribution is 7.90. The first-order chi connectivity index (χ1) is 12.2. The molecular weight excluding hydrogens is 373 g/mol. The van der Waals surface area contributed by atoms with Crippen molar-refractivity contribution in [1.29, 1.82) is 0 Å². The molecule has 1 amide bonds. The molecule has 0 radical (unpaired) electrons. The van der Waals surface area contributed by atoms with E-state index in [2.05, 4.69) is 0 Å². The zero-order chi connectivity index (χ0) is 19.1. The van der Waals surface area contributed by atoms with Gasteiger partial charge in [0.2, 0.25) is 0 Å². The fraction of sp³-hybridized carbons (Fsp3) is 0.0625. The van der Waals surface area contributed by atoms with Gasteiger partial charge in [0.1, 0.15) is 5.82 Å². The van der Waals surface area contributed by atoms with Crippen molar-refractivity contribution < 1.29 is 31.5 Å². The molecule has 3 aromatic rings. The number of amides is 1. The van der Waals surface area contributed by atoms with Crippen LogP contribution >= 0.6 is 0 Å². The summed E-state index contributed by atoms with van der Waals surface area (Å²) in [5.41, 5.74) is -1.00. The molecule has 1 aromatic heterocycles. The van der Waals surface area contributed by atoms with Crippen molar-refractivity contribution >= 4 is 32.7 Å². The lowest BCUT2D eigenvalue weighted by atomic mass is 10.1. The third kappa shape index (κ3) is 2.99. The monoisotopic (exact) mass is 384 g/mol. The normalized spacial score (nSPS) is 11.8. The average molecular weight is 384 g/mol. The predicted octanol–water partition coefficient (Wildman–Crippen LogP) is 4.04. The molecule has 2 aromatic carbocycles. The summed E-state index contributed by atoms with van der Waals surface area (Å²) in [6.07, 6.45) is -3.83. The van der Waals surface area contributed by atoms with Crippen LogP contribution < -0.4 is 5.32 Å². The maximum absolute atomic E-state index is 13.4. The van der Waals surface area contributed by atoms with Gasteiger partial charge in [-0.1, -0.05) is 12.1 Å². The van der Waals surface area contributed by atoms with Crippen LogP contribution in [0.15, 0.2) is 53.6 Å². The van der Waals surface area contributed by atoms with E-state index in [-0.39, 0.29) is 16.6 Å². The van der Waals surface area contributed by atoms with Gasteiger partial charge in [0.25, 0.3) is 16.4 Å². The van der Waals surface area contributed by atoms with E-state index in [4.69, 9.17) is 5.11 Å². The second-order valence-corrected chi connectivity index (χ2v) is 7.09. The summed E-state index contributed by atoms with van der Waals surface area (Å²) < 4.78 is 66.4. The number of carboxylic acid groups (broad SMARTS) is 1. The maximum Gasteiger partial charge on any atom is 0.409 e. The minimum absolute atomic E-state index is 0.157. The van der Waals surface area contributed by atoms with Gasteiger partial charge in [0, 0.05) is 17.1 Å². The van der Waals surface area contributed by atoms with Crippen molar-refractivity contribution in [2.45, 2.75) is 11.3 Å². The Morgan fingerprint density at radius 2 is 1.85 bits per heavy atom. The number of aromatic nitrogens is 1. The molecule has 0 spiro atoms. The molecule has 0 unspecified atom stereocenters. The van der Waals surface area contributed by atoms with E-state index in [1.807, 2.05) is 5.32 Å². The van der Waals surface area contributed by atoms with E-state index in [9.17, 15) is 26.4 Å². The van der Waals surface area contributed by atoms with Crippen LogP contribution in [0.25, 0.3) is 10.9 Å². The molecule has 6 nitrogen and oxygen atoms in total. The van der Waals surface area contributed by atoms with E-state index >= 15 is 0 Å². The predicted molar refractivity (Wildman–Crippen MR) is 87.5 cm³/mol. The summed E-state index contributed by atoms with van der Waals surface area (Å²) in [6, 6.07) is 7.94. The van der Waals surface area contributed by atoms with Crippen molar-refractivity contribution in [3.8, 4) is 0 Å². The number of halogens is 3. The van der Waals surface area contributed by atoms with Crippen molar-refractivity contribution in [1.82, 2.24) is 3.97 Å². The molecule has 0 fully saturated rings. The lowest BCUT2D eigenvalue weighted by Gasteiger charge is -2.09. The van der Waals surface area contributed by atoms with Crippen molar-refractivity contribution in [3.05, 3.63) is 60.0 Å².